The number of esters is 1. The lowest BCUT2D eigenvalue weighted by Gasteiger charge is -2.08. The van der Waals surface area contributed by atoms with Crippen molar-refractivity contribution in [3.05, 3.63) is 59.4 Å². The number of rotatable bonds is 9. The average Bonchev–Trinajstić information content (AvgIpc) is 2.72. The summed E-state index contributed by atoms with van der Waals surface area (Å²) < 4.78 is 9.84. The van der Waals surface area contributed by atoms with Gasteiger partial charge in [-0.15, -0.1) is 0 Å². The van der Waals surface area contributed by atoms with E-state index >= 15 is 0 Å². The van der Waals surface area contributed by atoms with Gasteiger partial charge in [0.2, 0.25) is 0 Å². The molecule has 0 saturated heterocycles. The Morgan fingerprint density at radius 1 is 1.00 bits per heavy atom. The zero-order valence-electron chi connectivity index (χ0n) is 15.9. The molecule has 2 aromatic rings. The highest BCUT2D eigenvalue weighted by Crippen LogP contribution is 2.12. The second-order valence-electron chi connectivity index (χ2n) is 5.76. The number of aromatic nitrogens is 1. The predicted octanol–water partition coefficient (Wildman–Crippen LogP) is 2.28. The third kappa shape index (κ3) is 6.17. The third-order valence-electron chi connectivity index (χ3n) is 3.68. The lowest BCUT2D eigenvalue weighted by atomic mass is 10.2. The number of pyridine rings is 1. The largest absolute Gasteiger partial charge is 0.462 e. The van der Waals surface area contributed by atoms with E-state index < -0.39 is 11.9 Å². The lowest BCUT2D eigenvalue weighted by molar-refractivity contribution is 0.0526. The number of ether oxygens (including phenoxy) is 2. The summed E-state index contributed by atoms with van der Waals surface area (Å²) in [5.74, 6) is -1.24. The predicted molar refractivity (Wildman–Crippen MR) is 103 cm³/mol. The molecule has 1 aromatic heterocycles. The van der Waals surface area contributed by atoms with Gasteiger partial charge in [0, 0.05) is 25.9 Å². The van der Waals surface area contributed by atoms with Crippen LogP contribution in [-0.4, -0.2) is 49.6 Å². The van der Waals surface area contributed by atoms with E-state index in [2.05, 4.69) is 15.6 Å². The highest BCUT2D eigenvalue weighted by molar-refractivity contribution is 6.04. The average molecular weight is 385 g/mol. The summed E-state index contributed by atoms with van der Waals surface area (Å²) in [6.07, 6.45) is 0.685. The minimum absolute atomic E-state index is 0.110. The van der Waals surface area contributed by atoms with Crippen LogP contribution in [-0.2, 0) is 9.47 Å². The third-order valence-corrected chi connectivity index (χ3v) is 3.68. The Labute approximate surface area is 163 Å². The van der Waals surface area contributed by atoms with Gasteiger partial charge in [-0.3, -0.25) is 9.59 Å². The van der Waals surface area contributed by atoms with Gasteiger partial charge in [-0.05, 0) is 49.7 Å². The molecule has 8 heteroatoms. The van der Waals surface area contributed by atoms with E-state index in [1.54, 1.807) is 44.4 Å². The molecule has 0 spiro atoms. The fourth-order valence-electron chi connectivity index (χ4n) is 2.30. The van der Waals surface area contributed by atoms with Crippen LogP contribution in [0.2, 0.25) is 0 Å². The molecule has 0 aliphatic heterocycles. The molecular weight excluding hydrogens is 362 g/mol. The molecular formula is C20H23N3O5. The molecule has 2 amide bonds. The number of anilines is 1. The van der Waals surface area contributed by atoms with E-state index in [1.807, 2.05) is 0 Å². The monoisotopic (exact) mass is 385 g/mol. The summed E-state index contributed by atoms with van der Waals surface area (Å²) in [5, 5.41) is 5.40. The van der Waals surface area contributed by atoms with Gasteiger partial charge in [-0.1, -0.05) is 6.07 Å². The minimum atomic E-state index is -0.460. The van der Waals surface area contributed by atoms with Crippen molar-refractivity contribution >= 4 is 23.5 Å². The first-order chi connectivity index (χ1) is 13.5. The number of nitrogens with zero attached hydrogens (tertiary/aromatic N) is 1. The van der Waals surface area contributed by atoms with E-state index in [9.17, 15) is 14.4 Å². The quantitative estimate of drug-likeness (QED) is 0.507. The molecule has 2 rings (SSSR count). The highest BCUT2D eigenvalue weighted by Gasteiger charge is 2.13. The van der Waals surface area contributed by atoms with Crippen molar-refractivity contribution in [1.29, 1.82) is 0 Å². The van der Waals surface area contributed by atoms with Gasteiger partial charge in [0.05, 0.1) is 12.2 Å². The molecule has 0 saturated carbocycles. The molecule has 0 radical (unpaired) electrons. The zero-order valence-corrected chi connectivity index (χ0v) is 15.9. The summed E-state index contributed by atoms with van der Waals surface area (Å²) in [4.78, 5) is 40.3. The van der Waals surface area contributed by atoms with Crippen LogP contribution in [0.4, 0.5) is 5.69 Å². The summed E-state index contributed by atoms with van der Waals surface area (Å²) in [7, 11) is 1.59. The molecule has 0 aliphatic carbocycles. The number of amides is 2. The zero-order chi connectivity index (χ0) is 20.4. The summed E-state index contributed by atoms with van der Waals surface area (Å²) in [5.41, 5.74) is 1.15. The van der Waals surface area contributed by atoms with Crippen LogP contribution < -0.4 is 10.6 Å². The normalized spacial score (nSPS) is 10.2. The van der Waals surface area contributed by atoms with E-state index in [0.717, 1.165) is 0 Å². The number of benzene rings is 1. The Hall–Kier alpha value is -3.26. The Balaban J connectivity index is 1.98. The molecule has 0 bridgehead atoms. The fourth-order valence-corrected chi connectivity index (χ4v) is 2.30. The maximum absolute atomic E-state index is 12.4. The van der Waals surface area contributed by atoms with Crippen LogP contribution in [0, 0.1) is 0 Å². The second-order valence-corrected chi connectivity index (χ2v) is 5.76. The van der Waals surface area contributed by atoms with Crippen molar-refractivity contribution < 1.29 is 23.9 Å². The van der Waals surface area contributed by atoms with Crippen molar-refractivity contribution in [2.45, 2.75) is 13.3 Å². The lowest BCUT2D eigenvalue weighted by Crippen LogP contribution is -2.27. The van der Waals surface area contributed by atoms with Crippen molar-refractivity contribution in [3.8, 4) is 0 Å². The van der Waals surface area contributed by atoms with Crippen LogP contribution in [0.15, 0.2) is 42.5 Å². The molecule has 0 aliphatic rings. The van der Waals surface area contributed by atoms with Gasteiger partial charge >= 0.3 is 5.97 Å². The maximum atomic E-state index is 12.4. The van der Waals surface area contributed by atoms with Crippen molar-refractivity contribution in [1.82, 2.24) is 10.3 Å². The topological polar surface area (TPSA) is 107 Å². The summed E-state index contributed by atoms with van der Waals surface area (Å²) in [6, 6.07) is 11.0. The van der Waals surface area contributed by atoms with Gasteiger partial charge in [-0.25, -0.2) is 9.78 Å². The number of methoxy groups -OCH3 is 1. The van der Waals surface area contributed by atoms with Gasteiger partial charge in [-0.2, -0.15) is 0 Å². The molecule has 1 aromatic carbocycles. The van der Waals surface area contributed by atoms with Crippen molar-refractivity contribution in [3.63, 3.8) is 0 Å². The molecule has 0 atom stereocenters. The maximum Gasteiger partial charge on any atom is 0.338 e. The molecule has 0 fully saturated rings. The minimum Gasteiger partial charge on any atom is -0.462 e. The van der Waals surface area contributed by atoms with Gasteiger partial charge in [0.25, 0.3) is 11.8 Å². The van der Waals surface area contributed by atoms with Crippen LogP contribution >= 0.6 is 0 Å². The Morgan fingerprint density at radius 2 is 1.68 bits per heavy atom. The fraction of sp³-hybridized carbons (Fsp3) is 0.300. The van der Waals surface area contributed by atoms with Crippen LogP contribution in [0.1, 0.15) is 44.7 Å². The molecule has 2 N–H and O–H groups in total. The first kappa shape index (κ1) is 21.0. The van der Waals surface area contributed by atoms with Crippen molar-refractivity contribution in [2.75, 3.05) is 32.2 Å². The first-order valence-electron chi connectivity index (χ1n) is 8.88. The Morgan fingerprint density at radius 3 is 2.32 bits per heavy atom. The smallest absolute Gasteiger partial charge is 0.338 e. The van der Waals surface area contributed by atoms with Crippen LogP contribution in [0.5, 0.6) is 0 Å². The second kappa shape index (κ2) is 10.8. The number of carbonyl (C=O) groups excluding carboxylic acids is 3. The first-order valence-corrected chi connectivity index (χ1v) is 8.88. The van der Waals surface area contributed by atoms with Crippen molar-refractivity contribution in [2.24, 2.45) is 0 Å². The van der Waals surface area contributed by atoms with E-state index in [1.165, 1.54) is 12.1 Å². The molecule has 8 nitrogen and oxygen atoms in total. The molecule has 1 heterocycles. The number of nitrogens with one attached hydrogen (secondary N) is 2. The van der Waals surface area contributed by atoms with Crippen LogP contribution in [0.25, 0.3) is 0 Å². The Bertz CT molecular complexity index is 821. The Kier molecular flexibility index (Phi) is 8.11. The van der Waals surface area contributed by atoms with E-state index in [-0.39, 0.29) is 17.3 Å². The SMILES string of the molecule is CCOC(=O)c1ccc(NC(=O)c2cccc(C(=O)NCCCOC)n2)cc1. The van der Waals surface area contributed by atoms with Crippen LogP contribution in [0.3, 0.4) is 0 Å². The highest BCUT2D eigenvalue weighted by atomic mass is 16.5. The molecule has 0 unspecified atom stereocenters. The summed E-state index contributed by atoms with van der Waals surface area (Å²) >= 11 is 0. The standard InChI is InChI=1S/C20H23N3O5/c1-3-28-20(26)14-8-10-15(11-9-14)22-19(25)17-7-4-6-16(23-17)18(24)21-12-5-13-27-2/h4,6-11H,3,5,12-13H2,1-2H3,(H,21,24)(H,22,25). The number of carbonyl (C=O) groups is 3. The molecule has 148 valence electrons. The number of hydrogen-bond donors (Lipinski definition) is 2. The van der Waals surface area contributed by atoms with E-state index in [4.69, 9.17) is 9.47 Å². The summed E-state index contributed by atoms with van der Waals surface area (Å²) in [6.45, 7) is 3.02. The van der Waals surface area contributed by atoms with E-state index in [0.29, 0.717) is 37.4 Å². The van der Waals surface area contributed by atoms with Gasteiger partial charge in [0.15, 0.2) is 0 Å². The number of hydrogen-bond acceptors (Lipinski definition) is 6. The molecule has 28 heavy (non-hydrogen) atoms. The van der Waals surface area contributed by atoms with Gasteiger partial charge < -0.3 is 20.1 Å². The van der Waals surface area contributed by atoms with Gasteiger partial charge in [0.1, 0.15) is 11.4 Å².